The number of carbonyl (C=O) groups excluding carboxylic acids is 1. The molecule has 0 radical (unpaired) electrons. The van der Waals surface area contributed by atoms with Crippen molar-refractivity contribution in [1.82, 2.24) is 15.2 Å². The van der Waals surface area contributed by atoms with Gasteiger partial charge in [0.1, 0.15) is 0 Å². The lowest BCUT2D eigenvalue weighted by Crippen LogP contribution is -2.41. The molecule has 116 valence electrons. The number of hydrogen-bond donors (Lipinski definition) is 2. The largest absolute Gasteiger partial charge is 0.481 e. The first kappa shape index (κ1) is 16.9. The molecule has 0 aliphatic rings. The van der Waals surface area contributed by atoms with Gasteiger partial charge in [-0.05, 0) is 31.4 Å². The first-order valence-corrected chi connectivity index (χ1v) is 7.17. The summed E-state index contributed by atoms with van der Waals surface area (Å²) in [7, 11) is 0. The summed E-state index contributed by atoms with van der Waals surface area (Å²) < 4.78 is 0. The summed E-state index contributed by atoms with van der Waals surface area (Å²) >= 11 is 0. The van der Waals surface area contributed by atoms with E-state index in [9.17, 15) is 9.59 Å². The van der Waals surface area contributed by atoms with Gasteiger partial charge in [0.15, 0.2) is 0 Å². The Morgan fingerprint density at radius 2 is 2.19 bits per heavy atom. The van der Waals surface area contributed by atoms with Crippen LogP contribution >= 0.6 is 0 Å². The Labute approximate surface area is 125 Å². The van der Waals surface area contributed by atoms with Gasteiger partial charge < -0.3 is 15.3 Å². The summed E-state index contributed by atoms with van der Waals surface area (Å²) in [6.45, 7) is 5.37. The van der Waals surface area contributed by atoms with Crippen molar-refractivity contribution in [2.24, 2.45) is 5.92 Å². The number of nitrogens with one attached hydrogen (secondary N) is 1. The SMILES string of the molecule is CCN(Cc1ccccn1)C(=O)NCC(C)CCC(=O)O. The van der Waals surface area contributed by atoms with E-state index in [0.29, 0.717) is 26.1 Å². The number of urea groups is 1. The molecule has 21 heavy (non-hydrogen) atoms. The zero-order chi connectivity index (χ0) is 15.7. The molecule has 0 aromatic carbocycles. The van der Waals surface area contributed by atoms with Crippen LogP contribution in [0.1, 0.15) is 32.4 Å². The third-order valence-electron chi connectivity index (χ3n) is 3.20. The molecule has 1 aromatic rings. The fourth-order valence-corrected chi connectivity index (χ4v) is 1.86. The Morgan fingerprint density at radius 1 is 1.43 bits per heavy atom. The maximum absolute atomic E-state index is 12.1. The van der Waals surface area contributed by atoms with Crippen molar-refractivity contribution in [2.45, 2.75) is 33.2 Å². The normalized spacial score (nSPS) is 11.7. The predicted molar refractivity (Wildman–Crippen MR) is 79.8 cm³/mol. The molecule has 2 amide bonds. The van der Waals surface area contributed by atoms with Crippen LogP contribution < -0.4 is 5.32 Å². The maximum atomic E-state index is 12.1. The molecule has 0 spiro atoms. The fourth-order valence-electron chi connectivity index (χ4n) is 1.86. The highest BCUT2D eigenvalue weighted by Crippen LogP contribution is 2.05. The highest BCUT2D eigenvalue weighted by molar-refractivity contribution is 5.74. The molecule has 1 atom stereocenters. The summed E-state index contributed by atoms with van der Waals surface area (Å²) in [6, 6.07) is 5.46. The second-order valence-corrected chi connectivity index (χ2v) is 5.06. The first-order chi connectivity index (χ1) is 10.0. The van der Waals surface area contributed by atoms with Crippen molar-refractivity contribution in [2.75, 3.05) is 13.1 Å². The fraction of sp³-hybridized carbons (Fsp3) is 0.533. The number of amides is 2. The van der Waals surface area contributed by atoms with Gasteiger partial charge in [-0.2, -0.15) is 0 Å². The second kappa shape index (κ2) is 8.94. The summed E-state index contributed by atoms with van der Waals surface area (Å²) in [4.78, 5) is 28.5. The Hall–Kier alpha value is -2.11. The Bertz CT molecular complexity index is 451. The molecule has 0 bridgehead atoms. The van der Waals surface area contributed by atoms with E-state index >= 15 is 0 Å². The molecule has 6 nitrogen and oxygen atoms in total. The van der Waals surface area contributed by atoms with Crippen molar-refractivity contribution in [3.05, 3.63) is 30.1 Å². The standard InChI is InChI=1S/C15H23N3O3/c1-3-18(11-13-6-4-5-9-16-13)15(21)17-10-12(2)7-8-14(19)20/h4-6,9,12H,3,7-8,10-11H2,1-2H3,(H,17,21)(H,19,20). The number of rotatable bonds is 8. The minimum atomic E-state index is -0.807. The molecule has 0 saturated heterocycles. The molecule has 6 heteroatoms. The average molecular weight is 293 g/mol. The van der Waals surface area contributed by atoms with Gasteiger partial charge in [0.05, 0.1) is 12.2 Å². The van der Waals surface area contributed by atoms with Gasteiger partial charge in [-0.25, -0.2) is 4.79 Å². The molecule has 1 heterocycles. The summed E-state index contributed by atoms with van der Waals surface area (Å²) in [5, 5.41) is 11.5. The lowest BCUT2D eigenvalue weighted by molar-refractivity contribution is -0.137. The van der Waals surface area contributed by atoms with Crippen LogP contribution in [0.2, 0.25) is 0 Å². The summed E-state index contributed by atoms with van der Waals surface area (Å²) in [6.07, 6.45) is 2.39. The molecule has 0 fully saturated rings. The van der Waals surface area contributed by atoms with Crippen molar-refractivity contribution in [3.8, 4) is 0 Å². The maximum Gasteiger partial charge on any atom is 0.317 e. The second-order valence-electron chi connectivity index (χ2n) is 5.06. The Balaban J connectivity index is 2.39. The van der Waals surface area contributed by atoms with Crippen molar-refractivity contribution < 1.29 is 14.7 Å². The van der Waals surface area contributed by atoms with E-state index in [2.05, 4.69) is 10.3 Å². The first-order valence-electron chi connectivity index (χ1n) is 7.17. The smallest absolute Gasteiger partial charge is 0.317 e. The topological polar surface area (TPSA) is 82.5 Å². The number of aromatic nitrogens is 1. The van der Waals surface area contributed by atoms with Gasteiger partial charge in [-0.15, -0.1) is 0 Å². The van der Waals surface area contributed by atoms with Crippen LogP contribution in [0.3, 0.4) is 0 Å². The number of carboxylic acid groups (broad SMARTS) is 1. The van der Waals surface area contributed by atoms with Crippen LogP contribution in [0, 0.1) is 5.92 Å². The van der Waals surface area contributed by atoms with Crippen LogP contribution in [-0.4, -0.2) is 40.1 Å². The van der Waals surface area contributed by atoms with E-state index in [1.807, 2.05) is 32.0 Å². The average Bonchev–Trinajstić information content (AvgIpc) is 2.49. The van der Waals surface area contributed by atoms with Crippen LogP contribution in [0.4, 0.5) is 4.79 Å². The number of carbonyl (C=O) groups is 2. The van der Waals surface area contributed by atoms with E-state index in [-0.39, 0.29) is 18.4 Å². The van der Waals surface area contributed by atoms with Gasteiger partial charge in [0.25, 0.3) is 0 Å². The van der Waals surface area contributed by atoms with Gasteiger partial charge in [0.2, 0.25) is 0 Å². The van der Waals surface area contributed by atoms with E-state index < -0.39 is 5.97 Å². The van der Waals surface area contributed by atoms with E-state index in [1.54, 1.807) is 11.1 Å². The summed E-state index contributed by atoms with van der Waals surface area (Å²) in [5.41, 5.74) is 0.841. The minimum absolute atomic E-state index is 0.127. The molecule has 2 N–H and O–H groups in total. The minimum Gasteiger partial charge on any atom is -0.481 e. The van der Waals surface area contributed by atoms with Crippen LogP contribution in [0.25, 0.3) is 0 Å². The van der Waals surface area contributed by atoms with E-state index in [0.717, 1.165) is 5.69 Å². The van der Waals surface area contributed by atoms with Gasteiger partial charge in [-0.3, -0.25) is 9.78 Å². The number of carboxylic acids is 1. The van der Waals surface area contributed by atoms with E-state index in [1.165, 1.54) is 0 Å². The van der Waals surface area contributed by atoms with Crippen molar-refractivity contribution in [3.63, 3.8) is 0 Å². The van der Waals surface area contributed by atoms with Crippen LogP contribution in [-0.2, 0) is 11.3 Å². The molecule has 1 aromatic heterocycles. The number of nitrogens with zero attached hydrogens (tertiary/aromatic N) is 2. The molecule has 1 unspecified atom stereocenters. The molecule has 0 saturated carbocycles. The van der Waals surface area contributed by atoms with E-state index in [4.69, 9.17) is 5.11 Å². The Morgan fingerprint density at radius 3 is 2.76 bits per heavy atom. The summed E-state index contributed by atoms with van der Waals surface area (Å²) in [5.74, 6) is -0.669. The third kappa shape index (κ3) is 6.74. The lowest BCUT2D eigenvalue weighted by Gasteiger charge is -2.22. The van der Waals surface area contributed by atoms with Crippen molar-refractivity contribution >= 4 is 12.0 Å². The molecule has 1 rings (SSSR count). The predicted octanol–water partition coefficient (Wildman–Crippen LogP) is 2.11. The van der Waals surface area contributed by atoms with Gasteiger partial charge in [-0.1, -0.05) is 13.0 Å². The van der Waals surface area contributed by atoms with Crippen LogP contribution in [0.5, 0.6) is 0 Å². The molecule has 0 aliphatic carbocycles. The van der Waals surface area contributed by atoms with Crippen LogP contribution in [0.15, 0.2) is 24.4 Å². The number of aliphatic carboxylic acids is 1. The lowest BCUT2D eigenvalue weighted by atomic mass is 10.1. The zero-order valence-electron chi connectivity index (χ0n) is 12.6. The zero-order valence-corrected chi connectivity index (χ0v) is 12.6. The molecular formula is C15H23N3O3. The third-order valence-corrected chi connectivity index (χ3v) is 3.20. The monoisotopic (exact) mass is 293 g/mol. The highest BCUT2D eigenvalue weighted by atomic mass is 16.4. The van der Waals surface area contributed by atoms with Gasteiger partial charge >= 0.3 is 12.0 Å². The molecular weight excluding hydrogens is 270 g/mol. The number of pyridine rings is 1. The van der Waals surface area contributed by atoms with Crippen molar-refractivity contribution in [1.29, 1.82) is 0 Å². The highest BCUT2D eigenvalue weighted by Gasteiger charge is 2.13. The Kier molecular flexibility index (Phi) is 7.21. The molecule has 0 aliphatic heterocycles. The number of hydrogen-bond acceptors (Lipinski definition) is 3. The van der Waals surface area contributed by atoms with Gasteiger partial charge in [0, 0.05) is 25.7 Å². The quantitative estimate of drug-likeness (QED) is 0.769.